The molecular formula is C18H25N5O. The summed E-state index contributed by atoms with van der Waals surface area (Å²) in [5.74, 6) is 1.29. The van der Waals surface area contributed by atoms with Crippen LogP contribution in [0.15, 0.2) is 36.5 Å². The van der Waals surface area contributed by atoms with Crippen molar-refractivity contribution in [2.24, 2.45) is 0 Å². The highest BCUT2D eigenvalue weighted by Crippen LogP contribution is 2.23. The number of carbonyl (C=O) groups is 1. The predicted molar refractivity (Wildman–Crippen MR) is 98.7 cm³/mol. The van der Waals surface area contributed by atoms with Crippen LogP contribution >= 0.6 is 0 Å². The van der Waals surface area contributed by atoms with E-state index in [2.05, 4.69) is 27.4 Å². The van der Waals surface area contributed by atoms with Gasteiger partial charge in [-0.1, -0.05) is 30.3 Å². The SMILES string of the molecule is CN(C)c1ncc(NC(=O)CCCc2ccccc2)c(N(C)C)n1. The van der Waals surface area contributed by atoms with E-state index >= 15 is 0 Å². The van der Waals surface area contributed by atoms with Crippen LogP contribution in [0.1, 0.15) is 18.4 Å². The summed E-state index contributed by atoms with van der Waals surface area (Å²) in [6.45, 7) is 0. The van der Waals surface area contributed by atoms with Crippen molar-refractivity contribution in [3.63, 3.8) is 0 Å². The first-order chi connectivity index (χ1) is 11.5. The molecule has 1 aromatic heterocycles. The second-order valence-electron chi connectivity index (χ2n) is 6.08. The maximum Gasteiger partial charge on any atom is 0.226 e. The van der Waals surface area contributed by atoms with Gasteiger partial charge in [0.1, 0.15) is 5.69 Å². The molecule has 0 saturated heterocycles. The highest BCUT2D eigenvalue weighted by Gasteiger charge is 2.13. The van der Waals surface area contributed by atoms with Crippen molar-refractivity contribution in [1.82, 2.24) is 9.97 Å². The standard InChI is InChI=1S/C18H25N5O/c1-22(2)17-15(13-19-18(21-17)23(3)4)20-16(24)12-8-11-14-9-6-5-7-10-14/h5-7,9-10,13H,8,11-12H2,1-4H3,(H,20,24). The van der Waals surface area contributed by atoms with Gasteiger partial charge in [-0.25, -0.2) is 4.98 Å². The molecule has 0 bridgehead atoms. The van der Waals surface area contributed by atoms with Crippen molar-refractivity contribution in [3.8, 4) is 0 Å². The molecule has 0 aliphatic rings. The number of hydrogen-bond donors (Lipinski definition) is 1. The third-order valence-corrected chi connectivity index (χ3v) is 3.57. The van der Waals surface area contributed by atoms with Crippen LogP contribution in [0.2, 0.25) is 0 Å². The van der Waals surface area contributed by atoms with Crippen LogP contribution in [0, 0.1) is 0 Å². The second kappa shape index (κ2) is 8.29. The summed E-state index contributed by atoms with van der Waals surface area (Å²) in [5.41, 5.74) is 1.88. The molecule has 2 aromatic rings. The summed E-state index contributed by atoms with van der Waals surface area (Å²) in [7, 11) is 7.56. The van der Waals surface area contributed by atoms with Crippen molar-refractivity contribution in [2.45, 2.75) is 19.3 Å². The lowest BCUT2D eigenvalue weighted by molar-refractivity contribution is -0.116. The molecule has 0 fully saturated rings. The van der Waals surface area contributed by atoms with Crippen molar-refractivity contribution >= 4 is 23.4 Å². The van der Waals surface area contributed by atoms with E-state index in [1.807, 2.05) is 56.2 Å². The minimum absolute atomic E-state index is 0.0183. The van der Waals surface area contributed by atoms with Gasteiger partial charge in [0.2, 0.25) is 11.9 Å². The summed E-state index contributed by atoms with van der Waals surface area (Å²) < 4.78 is 0. The number of amides is 1. The van der Waals surface area contributed by atoms with Crippen LogP contribution < -0.4 is 15.1 Å². The van der Waals surface area contributed by atoms with Crippen LogP contribution in [-0.2, 0) is 11.2 Å². The minimum Gasteiger partial charge on any atom is -0.361 e. The lowest BCUT2D eigenvalue weighted by Crippen LogP contribution is -2.20. The van der Waals surface area contributed by atoms with Gasteiger partial charge in [0.15, 0.2) is 5.82 Å². The smallest absolute Gasteiger partial charge is 0.226 e. The molecule has 1 amide bonds. The third-order valence-electron chi connectivity index (χ3n) is 3.57. The number of nitrogens with zero attached hydrogens (tertiary/aromatic N) is 4. The van der Waals surface area contributed by atoms with Gasteiger partial charge >= 0.3 is 0 Å². The Kier molecular flexibility index (Phi) is 6.12. The highest BCUT2D eigenvalue weighted by atomic mass is 16.1. The van der Waals surface area contributed by atoms with Gasteiger partial charge in [-0.05, 0) is 18.4 Å². The minimum atomic E-state index is -0.0183. The molecule has 24 heavy (non-hydrogen) atoms. The van der Waals surface area contributed by atoms with Crippen LogP contribution in [0.3, 0.4) is 0 Å². The van der Waals surface area contributed by atoms with E-state index in [9.17, 15) is 4.79 Å². The Morgan fingerprint density at radius 3 is 2.42 bits per heavy atom. The number of rotatable bonds is 7. The summed E-state index contributed by atoms with van der Waals surface area (Å²) in [4.78, 5) is 24.7. The van der Waals surface area contributed by atoms with Crippen molar-refractivity contribution < 1.29 is 4.79 Å². The van der Waals surface area contributed by atoms with E-state index in [1.165, 1.54) is 5.56 Å². The van der Waals surface area contributed by atoms with E-state index in [-0.39, 0.29) is 5.91 Å². The Morgan fingerprint density at radius 2 is 1.79 bits per heavy atom. The molecule has 0 spiro atoms. The van der Waals surface area contributed by atoms with Crippen molar-refractivity contribution in [2.75, 3.05) is 43.3 Å². The number of carbonyl (C=O) groups excluding carboxylic acids is 1. The van der Waals surface area contributed by atoms with Crippen molar-refractivity contribution in [1.29, 1.82) is 0 Å². The fourth-order valence-electron chi connectivity index (χ4n) is 2.32. The molecule has 0 atom stereocenters. The zero-order valence-corrected chi connectivity index (χ0v) is 14.8. The van der Waals surface area contributed by atoms with E-state index in [1.54, 1.807) is 6.20 Å². The Balaban J connectivity index is 1.95. The Labute approximate surface area is 143 Å². The van der Waals surface area contributed by atoms with Gasteiger partial charge in [0.05, 0.1) is 6.20 Å². The number of aryl methyl sites for hydroxylation is 1. The molecule has 1 N–H and O–H groups in total. The van der Waals surface area contributed by atoms with Gasteiger partial charge < -0.3 is 15.1 Å². The van der Waals surface area contributed by atoms with E-state index < -0.39 is 0 Å². The number of hydrogen-bond acceptors (Lipinski definition) is 5. The van der Waals surface area contributed by atoms with Gasteiger partial charge in [0, 0.05) is 34.6 Å². The van der Waals surface area contributed by atoms with Crippen LogP contribution in [0.25, 0.3) is 0 Å². The largest absolute Gasteiger partial charge is 0.361 e. The van der Waals surface area contributed by atoms with Gasteiger partial charge in [-0.15, -0.1) is 0 Å². The highest BCUT2D eigenvalue weighted by molar-refractivity contribution is 5.93. The molecule has 1 heterocycles. The molecule has 0 aliphatic carbocycles. The van der Waals surface area contributed by atoms with Gasteiger partial charge in [0.25, 0.3) is 0 Å². The number of benzene rings is 1. The summed E-state index contributed by atoms with van der Waals surface area (Å²) in [6, 6.07) is 10.2. The molecule has 6 nitrogen and oxygen atoms in total. The lowest BCUT2D eigenvalue weighted by Gasteiger charge is -2.19. The Hall–Kier alpha value is -2.63. The van der Waals surface area contributed by atoms with E-state index in [0.29, 0.717) is 23.9 Å². The van der Waals surface area contributed by atoms with E-state index in [4.69, 9.17) is 0 Å². The quantitative estimate of drug-likeness (QED) is 0.847. The fraction of sp³-hybridized carbons (Fsp3) is 0.389. The zero-order chi connectivity index (χ0) is 17.5. The Bertz CT molecular complexity index is 670. The number of nitrogens with one attached hydrogen (secondary N) is 1. The van der Waals surface area contributed by atoms with Crippen LogP contribution in [0.4, 0.5) is 17.5 Å². The number of aromatic nitrogens is 2. The first-order valence-electron chi connectivity index (χ1n) is 8.03. The second-order valence-corrected chi connectivity index (χ2v) is 6.08. The first kappa shape index (κ1) is 17.7. The van der Waals surface area contributed by atoms with Gasteiger partial charge in [-0.3, -0.25) is 4.79 Å². The maximum absolute atomic E-state index is 12.2. The normalized spacial score (nSPS) is 10.3. The van der Waals surface area contributed by atoms with E-state index in [0.717, 1.165) is 12.8 Å². The Morgan fingerprint density at radius 1 is 1.08 bits per heavy atom. The van der Waals surface area contributed by atoms with Gasteiger partial charge in [-0.2, -0.15) is 4.98 Å². The molecule has 0 radical (unpaired) electrons. The molecule has 1 aromatic carbocycles. The summed E-state index contributed by atoms with van der Waals surface area (Å²) >= 11 is 0. The average molecular weight is 327 g/mol. The predicted octanol–water partition coefficient (Wildman–Crippen LogP) is 2.57. The number of anilines is 3. The molecule has 6 heteroatoms. The topological polar surface area (TPSA) is 61.4 Å². The molecule has 128 valence electrons. The molecule has 0 saturated carbocycles. The molecule has 0 unspecified atom stereocenters. The monoisotopic (exact) mass is 327 g/mol. The zero-order valence-electron chi connectivity index (χ0n) is 14.8. The first-order valence-corrected chi connectivity index (χ1v) is 8.03. The summed E-state index contributed by atoms with van der Waals surface area (Å²) in [6.07, 6.45) is 3.83. The average Bonchev–Trinajstić information content (AvgIpc) is 2.55. The maximum atomic E-state index is 12.2. The van der Waals surface area contributed by atoms with Crippen LogP contribution in [-0.4, -0.2) is 44.1 Å². The molecule has 2 rings (SSSR count). The van der Waals surface area contributed by atoms with Crippen molar-refractivity contribution in [3.05, 3.63) is 42.1 Å². The molecule has 0 aliphatic heterocycles. The lowest BCUT2D eigenvalue weighted by atomic mass is 10.1. The molecular weight excluding hydrogens is 302 g/mol. The third kappa shape index (κ3) is 4.94. The van der Waals surface area contributed by atoms with Crippen LogP contribution in [0.5, 0.6) is 0 Å². The fourth-order valence-corrected chi connectivity index (χ4v) is 2.32. The summed E-state index contributed by atoms with van der Waals surface area (Å²) in [5, 5.41) is 2.92.